The predicted octanol–water partition coefficient (Wildman–Crippen LogP) is 11.0. The minimum atomic E-state index is -4.66. The first-order valence-electron chi connectivity index (χ1n) is 38.8. The molecule has 0 radical (unpaired) electrons. The number of phosphoric acid groups is 6. The second-order valence-electron chi connectivity index (χ2n) is 32.7. The molecule has 1 fully saturated rings. The molecule has 1 aliphatic heterocycles. The number of phosphoric ester groups is 6. The maximum atomic E-state index is 11.9. The summed E-state index contributed by atoms with van der Waals surface area (Å²) >= 11 is 0. The van der Waals surface area contributed by atoms with Gasteiger partial charge in [-0.1, -0.05) is 83.1 Å². The highest BCUT2D eigenvalue weighted by molar-refractivity contribution is 7.47. The van der Waals surface area contributed by atoms with Crippen LogP contribution in [0, 0.1) is 35.5 Å². The molecule has 44 heteroatoms. The Morgan fingerprint density at radius 3 is 0.845 bits per heavy atom. The molecule has 116 heavy (non-hydrogen) atoms. The summed E-state index contributed by atoms with van der Waals surface area (Å²) in [7, 11) is -27.2. The summed E-state index contributed by atoms with van der Waals surface area (Å²) < 4.78 is 89.8. The lowest BCUT2D eigenvalue weighted by Crippen LogP contribution is -2.64. The largest absolute Gasteiger partial charge is 0.470 e. The van der Waals surface area contributed by atoms with Crippen molar-refractivity contribution in [3.63, 3.8) is 0 Å². The molecule has 16 N–H and O–H groups in total. The molecule has 1 aliphatic rings. The molecule has 0 aliphatic carbocycles. The fourth-order valence-corrected chi connectivity index (χ4v) is 12.9. The van der Waals surface area contributed by atoms with Crippen molar-refractivity contribution in [2.75, 3.05) is 19.8 Å². The minimum absolute atomic E-state index is 0.0397. The zero-order valence-electron chi connectivity index (χ0n) is 71.1. The van der Waals surface area contributed by atoms with E-state index in [-0.39, 0.29) is 167 Å². The van der Waals surface area contributed by atoms with Gasteiger partial charge in [0.1, 0.15) is 58.3 Å². The van der Waals surface area contributed by atoms with E-state index in [1.165, 1.54) is 27.7 Å². The summed E-state index contributed by atoms with van der Waals surface area (Å²) in [5.74, 6) is 1.30. The van der Waals surface area contributed by atoms with Crippen molar-refractivity contribution < 1.29 is 171 Å². The number of carbonyl (C=O) groups is 10. The van der Waals surface area contributed by atoms with Crippen molar-refractivity contribution in [2.45, 2.75) is 346 Å². The monoisotopic (exact) mass is 1800 g/mol. The lowest BCUT2D eigenvalue weighted by atomic mass is 9.94. The van der Waals surface area contributed by atoms with Crippen LogP contribution in [0.1, 0.15) is 304 Å². The van der Waals surface area contributed by atoms with E-state index >= 15 is 0 Å². The van der Waals surface area contributed by atoms with Crippen LogP contribution in [0.15, 0.2) is 0 Å². The van der Waals surface area contributed by atoms with Crippen molar-refractivity contribution in [3.05, 3.63) is 0 Å². The van der Waals surface area contributed by atoms with Gasteiger partial charge < -0.3 is 79.6 Å². The Kier molecular flexibility index (Phi) is 64.1. The van der Waals surface area contributed by atoms with Crippen LogP contribution in [0.5, 0.6) is 0 Å². The number of hydrogen-bond acceptors (Lipinski definition) is 24. The molecule has 0 aromatic carbocycles. The number of Topliss-reactive ketones (excluding diaryl/α,β-unsaturated/α-hetero) is 8. The van der Waals surface area contributed by atoms with Gasteiger partial charge in [-0.05, 0) is 148 Å². The van der Waals surface area contributed by atoms with Crippen LogP contribution < -0.4 is 10.6 Å². The van der Waals surface area contributed by atoms with Crippen LogP contribution in [0.25, 0.3) is 0 Å². The van der Waals surface area contributed by atoms with Gasteiger partial charge in [0, 0.05) is 109 Å². The van der Waals surface area contributed by atoms with E-state index in [1.54, 1.807) is 13.8 Å². The van der Waals surface area contributed by atoms with Gasteiger partial charge in [-0.2, -0.15) is 0 Å². The van der Waals surface area contributed by atoms with E-state index in [0.717, 1.165) is 32.1 Å². The molecule has 686 valence electrons. The van der Waals surface area contributed by atoms with Gasteiger partial charge in [-0.15, -0.1) is 0 Å². The first-order chi connectivity index (χ1) is 52.3. The van der Waals surface area contributed by atoms with Crippen molar-refractivity contribution in [1.82, 2.24) is 10.6 Å². The van der Waals surface area contributed by atoms with E-state index in [2.05, 4.69) is 65.5 Å². The van der Waals surface area contributed by atoms with Gasteiger partial charge in [0.05, 0.1) is 48.8 Å². The number of ketones is 8. The summed E-state index contributed by atoms with van der Waals surface area (Å²) in [6.45, 7) is 32.2. The van der Waals surface area contributed by atoms with Crippen LogP contribution in [-0.4, -0.2) is 188 Å². The Balaban J connectivity index is -0.000000425. The van der Waals surface area contributed by atoms with Crippen LogP contribution in [0.3, 0.4) is 0 Å². The third-order valence-corrected chi connectivity index (χ3v) is 20.1. The van der Waals surface area contributed by atoms with Gasteiger partial charge in [0.15, 0.2) is 0 Å². The normalized spacial score (nSPS) is 15.0. The van der Waals surface area contributed by atoms with E-state index in [4.69, 9.17) is 58.7 Å². The molecular formula is C72H142N2O36P6. The first-order valence-corrected chi connectivity index (χ1v) is 48.0. The van der Waals surface area contributed by atoms with E-state index in [1.807, 2.05) is 55.4 Å². The Labute approximate surface area is 684 Å². The molecule has 2 amide bonds. The Hall–Kier alpha value is -3.12. The zero-order chi connectivity index (χ0) is 91.6. The molecule has 1 saturated heterocycles. The van der Waals surface area contributed by atoms with Gasteiger partial charge in [-0.3, -0.25) is 75.1 Å². The number of hydrogen-bond donors (Lipinski definition) is 16. The third-order valence-electron chi connectivity index (χ3n) is 16.3. The molecule has 1 rings (SSSR count). The van der Waals surface area contributed by atoms with Gasteiger partial charge in [0.25, 0.3) is 0 Å². The number of aliphatic hydroxyl groups is 2. The van der Waals surface area contributed by atoms with Gasteiger partial charge in [0.2, 0.25) is 11.8 Å². The number of piperazine rings is 1. The third kappa shape index (κ3) is 88.7. The lowest BCUT2D eigenvalue weighted by Gasteiger charge is -2.35. The maximum absolute atomic E-state index is 11.9. The number of nitrogens with one attached hydrogen (secondary N) is 2. The molecule has 0 bridgehead atoms. The Morgan fingerprint density at radius 1 is 0.310 bits per heavy atom. The average molecular weight is 1800 g/mol. The number of aliphatic hydroxyl groups excluding tert-OH is 2. The fourth-order valence-electron chi connectivity index (χ4n) is 9.74. The number of rotatable bonds is 57. The smallest absolute Gasteiger partial charge is 0.393 e. The summed E-state index contributed by atoms with van der Waals surface area (Å²) in [6, 6.07) is -1.47. The average Bonchev–Trinajstić information content (AvgIpc) is 0.817. The number of carbonyl (C=O) groups excluding carboxylic acids is 10. The van der Waals surface area contributed by atoms with Gasteiger partial charge in [-0.25, -0.2) is 27.4 Å². The highest BCUT2D eigenvalue weighted by atomic mass is 31.2. The minimum Gasteiger partial charge on any atom is -0.393 e. The highest BCUT2D eigenvalue weighted by Crippen LogP contribution is 2.45. The van der Waals surface area contributed by atoms with Crippen LogP contribution in [-0.2, 0) is 102 Å². The fraction of sp³-hybridized carbons (Fsp3) is 0.861. The first kappa shape index (κ1) is 121. The van der Waals surface area contributed by atoms with Crippen LogP contribution in [0.4, 0.5) is 0 Å². The lowest BCUT2D eigenvalue weighted by molar-refractivity contribution is -0.139. The number of amides is 2. The topological polar surface area (TPSA) is 636 Å². The maximum Gasteiger partial charge on any atom is 0.470 e. The van der Waals surface area contributed by atoms with Crippen molar-refractivity contribution >= 4 is 105 Å². The molecular weight excluding hydrogens is 1650 g/mol. The predicted molar refractivity (Wildman–Crippen MR) is 430 cm³/mol. The molecule has 38 nitrogen and oxygen atoms in total. The molecule has 4 atom stereocenters. The summed E-state index contributed by atoms with van der Waals surface area (Å²) in [6.07, 6.45) is 8.85. The molecule has 0 aromatic heterocycles. The quantitative estimate of drug-likeness (QED) is 0.0252. The van der Waals surface area contributed by atoms with E-state index in [0.29, 0.717) is 93.8 Å². The molecule has 4 unspecified atom stereocenters. The van der Waals surface area contributed by atoms with Crippen LogP contribution in [0.2, 0.25) is 0 Å². The van der Waals surface area contributed by atoms with Crippen molar-refractivity contribution in [3.8, 4) is 0 Å². The zero-order valence-corrected chi connectivity index (χ0v) is 76.5. The second kappa shape index (κ2) is 61.2. The van der Waals surface area contributed by atoms with Gasteiger partial charge >= 0.3 is 46.9 Å². The molecule has 0 aromatic rings. The summed E-state index contributed by atoms with van der Waals surface area (Å²) in [5.41, 5.74) is -3.34. The Bertz CT molecular complexity index is 3130. The highest BCUT2D eigenvalue weighted by Gasteiger charge is 2.41. The Morgan fingerprint density at radius 2 is 0.560 bits per heavy atom. The summed E-state index contributed by atoms with van der Waals surface area (Å²) in [5, 5.41) is 24.6. The molecule has 1 heterocycles. The molecule has 0 saturated carbocycles. The standard InChI is InChI=1S/C14H29O6P.C14H27O6P.C11H21N2O6P.C11H23O6P.2C11H21O6P/c2*1-11(2)5-6-12(15)7-8-13(16)9-10-14(3,4)20-21(17,18)19;1-6(2)8-10(15)12-7(9(14)13-8)5-11(3,4)19-20(16,17)18;3*1-9(2)3-4-10(12)5-6-11(13)7-8-17-18(14,15)16/h11,13,16H,5-10H2,1-4H3,(H2,17,18,19);11H,5-10H2,1-4H3,(H2,17,18,19);6-8H,5H2,1-4H3,(H,12,15)(H,13,14)(H2,16,17,18);9-10,12H,3-8H2,1-2H3,(H2,14,15,16);2*9H,3-8H2,1-2H3,(H2,14,15,16). The molecule has 0 spiro atoms. The van der Waals surface area contributed by atoms with E-state index < -0.39 is 88.0 Å². The van der Waals surface area contributed by atoms with Crippen molar-refractivity contribution in [2.24, 2.45) is 35.5 Å². The van der Waals surface area contributed by atoms with E-state index in [9.17, 15) is 85.5 Å². The van der Waals surface area contributed by atoms with Crippen molar-refractivity contribution in [1.29, 1.82) is 0 Å². The van der Waals surface area contributed by atoms with Crippen LogP contribution >= 0.6 is 46.9 Å². The second-order valence-corrected chi connectivity index (χ2v) is 39.9. The summed E-state index contributed by atoms with van der Waals surface area (Å²) in [4.78, 5) is 218. The SMILES string of the molecule is CC(C)C1NC(=O)C(CC(C)(C)OP(=O)(O)O)NC1=O.CC(C)CCC(=O)CCC(=O)CCC(C)(C)OP(=O)(O)O.CC(C)CCC(=O)CCC(=O)CCOP(=O)(O)O.CC(C)CCC(=O)CCC(=O)CCOP(=O)(O)O.CC(C)CCC(=O)CCC(O)CCC(C)(C)OP(=O)(O)O.CC(C)CCC(O)CCC(=O)CCOP(=O)(O)O.